The van der Waals surface area contributed by atoms with Crippen molar-refractivity contribution in [2.24, 2.45) is 10.9 Å². The summed E-state index contributed by atoms with van der Waals surface area (Å²) in [7, 11) is 9.20. The third-order valence-corrected chi connectivity index (χ3v) is 22.0. The number of Topliss-reactive ketones (excluding diaryl/α,β-unsaturated/α-hetero) is 1. The lowest BCUT2D eigenvalue weighted by molar-refractivity contribution is -0.274. The van der Waals surface area contributed by atoms with Gasteiger partial charge < -0.3 is 67.6 Å². The summed E-state index contributed by atoms with van der Waals surface area (Å²) >= 11 is 0. The molecular weight excluding hydrogens is 1480 g/mol. The van der Waals surface area contributed by atoms with Gasteiger partial charge in [0.2, 0.25) is 11.9 Å². The summed E-state index contributed by atoms with van der Waals surface area (Å²) in [6.07, 6.45) is 15.9. The van der Waals surface area contributed by atoms with Crippen LogP contribution in [-0.2, 0) is 24.1 Å². The van der Waals surface area contributed by atoms with Gasteiger partial charge in [-0.3, -0.25) is 4.79 Å². The number of alkyl halides is 3. The van der Waals surface area contributed by atoms with Crippen LogP contribution >= 0.6 is 0 Å². The Hall–Kier alpha value is -12.1. The summed E-state index contributed by atoms with van der Waals surface area (Å²) in [5, 5.41) is 2.88. The van der Waals surface area contributed by atoms with E-state index in [1.165, 1.54) is 36.6 Å². The minimum absolute atomic E-state index is 0.167. The molecule has 5 aromatic heterocycles. The summed E-state index contributed by atoms with van der Waals surface area (Å²) in [4.78, 5) is 81.3. The van der Waals surface area contributed by atoms with Crippen LogP contribution < -0.4 is 52.9 Å². The number of ether oxygens (including phenoxy) is 6. The minimum Gasteiger partial charge on any atom is -0.493 e. The highest BCUT2D eigenvalue weighted by molar-refractivity contribution is 6.11. The fourth-order valence-electron chi connectivity index (χ4n) is 15.5. The maximum atomic E-state index is 12.9. The van der Waals surface area contributed by atoms with Crippen LogP contribution in [0.3, 0.4) is 0 Å². The van der Waals surface area contributed by atoms with E-state index >= 15 is 0 Å². The van der Waals surface area contributed by atoms with Crippen molar-refractivity contribution < 1.29 is 46.4 Å². The number of methoxy groups -OCH3 is 3. The number of allylic oxidation sites excluding steroid dienone is 1. The number of piperidine rings is 2. The number of likely N-dealkylation sites (tertiary alicyclic amines) is 2. The number of aromatic nitrogens is 10. The summed E-state index contributed by atoms with van der Waals surface area (Å²) in [5.41, 5.74) is 8.30. The smallest absolute Gasteiger partial charge is 0.493 e. The Labute approximate surface area is 672 Å². The van der Waals surface area contributed by atoms with Gasteiger partial charge in [-0.25, -0.2) is 54.8 Å². The number of fused-ring (bicyclic) bond motifs is 3. The minimum atomic E-state index is -4.73. The van der Waals surface area contributed by atoms with E-state index in [2.05, 4.69) is 139 Å². The van der Waals surface area contributed by atoms with Crippen LogP contribution in [-0.4, -0.2) is 235 Å². The highest BCUT2D eigenvalue weighted by Crippen LogP contribution is 2.39. The fourth-order valence-corrected chi connectivity index (χ4v) is 15.5. The van der Waals surface area contributed by atoms with Crippen LogP contribution in [0.1, 0.15) is 59.9 Å². The number of carbonyl (C=O) groups is 1. The van der Waals surface area contributed by atoms with Gasteiger partial charge in [-0.1, -0.05) is 72.8 Å². The van der Waals surface area contributed by atoms with Gasteiger partial charge in [0.1, 0.15) is 59.9 Å². The number of anilines is 5. The van der Waals surface area contributed by atoms with Gasteiger partial charge in [0.05, 0.1) is 50.9 Å². The molecule has 0 atom stereocenters. The predicted octanol–water partition coefficient (Wildman–Crippen LogP) is 12.0. The Kier molecular flexibility index (Phi) is 25.2. The second-order valence-electron chi connectivity index (χ2n) is 29.9. The highest BCUT2D eigenvalue weighted by Gasteiger charge is 2.33. The van der Waals surface area contributed by atoms with E-state index in [-0.39, 0.29) is 17.6 Å². The molecule has 5 fully saturated rings. The zero-order valence-corrected chi connectivity index (χ0v) is 66.1. The van der Waals surface area contributed by atoms with Crippen molar-refractivity contribution in [2.75, 3.05) is 171 Å². The lowest BCUT2D eigenvalue weighted by atomic mass is 9.98. The van der Waals surface area contributed by atoms with Crippen LogP contribution in [0.5, 0.6) is 34.5 Å². The number of hydrogen-bond donors (Lipinski definition) is 0. The molecule has 116 heavy (non-hydrogen) atoms. The van der Waals surface area contributed by atoms with Crippen molar-refractivity contribution in [2.45, 2.75) is 63.8 Å². The molecule has 26 nitrogen and oxygen atoms in total. The molecule has 0 radical (unpaired) electrons. The van der Waals surface area contributed by atoms with Gasteiger partial charge in [0.25, 0.3) is 0 Å². The molecule has 17 rings (SSSR count). The van der Waals surface area contributed by atoms with Crippen molar-refractivity contribution in [3.63, 3.8) is 0 Å². The van der Waals surface area contributed by atoms with Crippen molar-refractivity contribution in [1.29, 1.82) is 0 Å². The van der Waals surface area contributed by atoms with E-state index in [1.807, 2.05) is 79.1 Å². The number of hydrogen-bond acceptors (Lipinski definition) is 26. The molecule has 0 bridgehead atoms. The molecule has 0 spiro atoms. The van der Waals surface area contributed by atoms with E-state index in [1.54, 1.807) is 65.0 Å². The molecule has 0 aliphatic carbocycles. The van der Waals surface area contributed by atoms with E-state index < -0.39 is 6.36 Å². The molecule has 0 N–H and O–H groups in total. The zero-order chi connectivity index (χ0) is 79.9. The van der Waals surface area contributed by atoms with Crippen molar-refractivity contribution in [3.05, 3.63) is 211 Å². The van der Waals surface area contributed by atoms with Gasteiger partial charge in [-0.05, 0) is 129 Å². The first-order valence-electron chi connectivity index (χ1n) is 39.5. The molecule has 0 saturated carbocycles. The lowest BCUT2D eigenvalue weighted by Gasteiger charge is -2.37. The van der Waals surface area contributed by atoms with Gasteiger partial charge >= 0.3 is 6.36 Å². The van der Waals surface area contributed by atoms with Crippen LogP contribution in [0.4, 0.5) is 42.5 Å². The number of amidine groups is 1. The molecule has 11 aromatic rings. The summed E-state index contributed by atoms with van der Waals surface area (Å²) in [5.74, 6) is 9.03. The Bertz CT molecular complexity index is 5190. The van der Waals surface area contributed by atoms with E-state index in [0.29, 0.717) is 80.1 Å². The van der Waals surface area contributed by atoms with Crippen LogP contribution in [0.25, 0.3) is 32.7 Å². The molecule has 6 aromatic carbocycles. The molecule has 602 valence electrons. The van der Waals surface area contributed by atoms with E-state index in [4.69, 9.17) is 33.7 Å². The van der Waals surface area contributed by atoms with Crippen molar-refractivity contribution in [1.82, 2.24) is 64.5 Å². The molecule has 11 heterocycles. The second kappa shape index (κ2) is 37.0. The molecule has 0 amide bonds. The Morgan fingerprint density at radius 1 is 0.414 bits per heavy atom. The van der Waals surface area contributed by atoms with Crippen LogP contribution in [0.2, 0.25) is 0 Å². The number of benzene rings is 6. The average molecular weight is 1580 g/mol. The van der Waals surface area contributed by atoms with E-state index in [0.717, 1.165) is 200 Å². The molecular formula is C87H96F3N19O7. The monoisotopic (exact) mass is 1580 g/mol. The highest BCUT2D eigenvalue weighted by atomic mass is 19.4. The maximum Gasteiger partial charge on any atom is 0.573 e. The molecule has 0 unspecified atom stereocenters. The summed E-state index contributed by atoms with van der Waals surface area (Å²) in [6.45, 7) is 14.4. The molecule has 6 aliphatic heterocycles. The fraction of sp³-hybridized carbons (Fsp3) is 0.379. The first-order chi connectivity index (χ1) is 56.6. The van der Waals surface area contributed by atoms with Gasteiger partial charge in [0, 0.05) is 176 Å². The van der Waals surface area contributed by atoms with Gasteiger partial charge in [-0.2, -0.15) is 0 Å². The summed E-state index contributed by atoms with van der Waals surface area (Å²) < 4.78 is 70.7. The standard InChI is InChI=1S/C31H36N6O2.C30H35N7O2.C26H25F3N6O3/c1-35-11-9-24(10-12-35)21-39-26-7-8-28-27(18-26)31(34-22-33-28)37-15-13-36(14-16-37)30-19-29(38)25(20-32-30)17-23-5-3-2-4-6-23;1-35-10-8-24(9-11-35)39-28-17-25-26(18-27(28)38-2)33-21-34-29(25)36-12-14-37(15-13-36)30-31-19-23(20-32-30)16-22-6-4-3-5-7-22;1-36-22-12-20-21(13-23(22)37-2)32-16-33-24(20)34-6-8-35(9-7-34)25-30-14-18(15-31-25)10-17-4-3-5-19(11-17)38-26(27,28)29/h2-8,18,20,22,24H,9-17,19,21H2,1H3;3-7,17-21,24H,8-16H2,1-2H3;3-5,11-16H,6-10H2,1-2H3. The largest absolute Gasteiger partial charge is 0.573 e. The number of piperazine rings is 3. The SMILES string of the molecule is CN1CCC(COc2ccc3ncnc(N4CCN(C5=NC=C(Cc6ccccc6)C(=O)C5)CC4)c3c2)CC1.COc1cc2ncnc(N3CCN(c4ncc(Cc5cccc(OC(F)(F)F)c5)cn4)CC3)c2cc1OC.COc1cc2ncnc(N3CCN(c4ncc(Cc5ccccc5)cn4)CC3)c2cc1OC1CCN(C)CC1. The predicted molar refractivity (Wildman–Crippen MR) is 442 cm³/mol. The van der Waals surface area contributed by atoms with Crippen molar-refractivity contribution in [3.8, 4) is 34.5 Å². The maximum absolute atomic E-state index is 12.9. The first-order valence-corrected chi connectivity index (χ1v) is 39.5. The van der Waals surface area contributed by atoms with E-state index in [9.17, 15) is 18.0 Å². The van der Waals surface area contributed by atoms with Gasteiger partial charge in [0.15, 0.2) is 28.8 Å². The molecule has 29 heteroatoms. The quantitative estimate of drug-likeness (QED) is 0.0689. The second-order valence-corrected chi connectivity index (χ2v) is 29.9. The van der Waals surface area contributed by atoms with Crippen LogP contribution in [0.15, 0.2) is 188 Å². The number of nitrogens with zero attached hydrogens (tertiary/aromatic N) is 19. The van der Waals surface area contributed by atoms with Crippen LogP contribution in [0, 0.1) is 5.92 Å². The number of aliphatic imine (C=N–C) groups is 1. The normalized spacial score (nSPS) is 16.8. The lowest BCUT2D eigenvalue weighted by Crippen LogP contribution is -2.49. The molecule has 6 aliphatic rings. The molecule has 5 saturated heterocycles. The third kappa shape index (κ3) is 20.0. The number of halogens is 3. The Morgan fingerprint density at radius 3 is 1.38 bits per heavy atom. The Morgan fingerprint density at radius 2 is 0.862 bits per heavy atom. The Balaban J connectivity index is 0.000000137. The number of ketones is 1. The first kappa shape index (κ1) is 79.1. The number of rotatable bonds is 20. The number of carbonyl (C=O) groups excluding carboxylic acids is 1. The summed E-state index contributed by atoms with van der Waals surface area (Å²) in [6, 6.07) is 40.3. The van der Waals surface area contributed by atoms with Crippen molar-refractivity contribution >= 4 is 73.7 Å². The van der Waals surface area contributed by atoms with Gasteiger partial charge in [-0.15, -0.1) is 13.2 Å². The third-order valence-electron chi connectivity index (χ3n) is 22.0. The average Bonchev–Trinajstić information content (AvgIpc) is 0.801. The zero-order valence-electron chi connectivity index (χ0n) is 66.1. The topological polar surface area (TPSA) is 240 Å².